The molecule has 0 spiro atoms. The number of rotatable bonds is 2. The molecule has 0 aliphatic heterocycles. The molecule has 0 unspecified atom stereocenters. The molecule has 0 bridgehead atoms. The van der Waals surface area contributed by atoms with Crippen molar-refractivity contribution in [2.45, 2.75) is 6.92 Å². The van der Waals surface area contributed by atoms with E-state index in [4.69, 9.17) is 23.8 Å². The summed E-state index contributed by atoms with van der Waals surface area (Å²) in [7, 11) is 0. The van der Waals surface area contributed by atoms with Gasteiger partial charge in [-0.15, -0.1) is 0 Å². The number of carbonyl (C=O) groups excluding carboxylic acids is 1. The minimum absolute atomic E-state index is 0.250. The van der Waals surface area contributed by atoms with Crippen LogP contribution in [-0.2, 0) is 0 Å². The maximum atomic E-state index is 12.0. The van der Waals surface area contributed by atoms with Gasteiger partial charge in [0.2, 0.25) is 0 Å². The fourth-order valence-corrected chi connectivity index (χ4v) is 2.50. The van der Waals surface area contributed by atoms with Gasteiger partial charge in [0.15, 0.2) is 5.11 Å². The van der Waals surface area contributed by atoms with Crippen LogP contribution in [0, 0.1) is 6.92 Å². The van der Waals surface area contributed by atoms with Gasteiger partial charge >= 0.3 is 0 Å². The summed E-state index contributed by atoms with van der Waals surface area (Å²) < 4.78 is 0.988. The lowest BCUT2D eigenvalue weighted by molar-refractivity contribution is 0.0978. The number of aryl methyl sites for hydroxylation is 1. The minimum atomic E-state index is -0.279. The van der Waals surface area contributed by atoms with Crippen molar-refractivity contribution in [3.05, 3.63) is 63.1 Å². The smallest absolute Gasteiger partial charge is 0.257 e. The zero-order valence-corrected chi connectivity index (χ0v) is 14.3. The number of nitrogens with one attached hydrogen (secondary N) is 2. The van der Waals surface area contributed by atoms with E-state index in [1.807, 2.05) is 25.1 Å². The largest absolute Gasteiger partial charge is 0.332 e. The molecule has 0 heterocycles. The molecule has 2 aromatic carbocycles. The number of thiocarbonyl (C=S) groups is 1. The van der Waals surface area contributed by atoms with Gasteiger partial charge in [0.1, 0.15) is 0 Å². The van der Waals surface area contributed by atoms with Crippen molar-refractivity contribution in [2.75, 3.05) is 5.32 Å². The third-order valence-corrected chi connectivity index (χ3v) is 3.72. The van der Waals surface area contributed by atoms with Gasteiger partial charge in [-0.3, -0.25) is 10.1 Å². The fraction of sp³-hybridized carbons (Fsp3) is 0.0667. The Morgan fingerprint density at radius 3 is 2.48 bits per heavy atom. The van der Waals surface area contributed by atoms with Gasteiger partial charge in [0.25, 0.3) is 5.91 Å². The second-order valence-electron chi connectivity index (χ2n) is 4.37. The van der Waals surface area contributed by atoms with E-state index < -0.39 is 0 Å². The van der Waals surface area contributed by atoms with Crippen molar-refractivity contribution in [3.63, 3.8) is 0 Å². The molecule has 0 aliphatic rings. The Kier molecular flexibility index (Phi) is 5.33. The molecule has 6 heteroatoms. The van der Waals surface area contributed by atoms with E-state index >= 15 is 0 Å². The first-order valence-electron chi connectivity index (χ1n) is 6.10. The molecule has 0 aliphatic carbocycles. The van der Waals surface area contributed by atoms with Crippen molar-refractivity contribution < 1.29 is 4.79 Å². The SMILES string of the molecule is Cc1cc(Br)ccc1NC(=S)NC(=O)c1ccc(Cl)cc1. The Morgan fingerprint density at radius 1 is 1.19 bits per heavy atom. The van der Waals surface area contributed by atoms with E-state index in [2.05, 4.69) is 26.6 Å². The highest BCUT2D eigenvalue weighted by Gasteiger charge is 2.08. The fourth-order valence-electron chi connectivity index (χ4n) is 1.70. The molecular formula is C15H12BrClN2OS. The average Bonchev–Trinajstić information content (AvgIpc) is 2.42. The lowest BCUT2D eigenvalue weighted by atomic mass is 10.2. The predicted molar refractivity (Wildman–Crippen MR) is 94.0 cm³/mol. The maximum Gasteiger partial charge on any atom is 0.257 e. The highest BCUT2D eigenvalue weighted by Crippen LogP contribution is 2.19. The average molecular weight is 384 g/mol. The Labute approximate surface area is 141 Å². The zero-order valence-electron chi connectivity index (χ0n) is 11.1. The van der Waals surface area contributed by atoms with Crippen molar-refractivity contribution >= 4 is 56.5 Å². The van der Waals surface area contributed by atoms with Crippen LogP contribution in [0.4, 0.5) is 5.69 Å². The summed E-state index contributed by atoms with van der Waals surface area (Å²) in [5.41, 5.74) is 2.36. The van der Waals surface area contributed by atoms with Gasteiger partial charge in [-0.2, -0.15) is 0 Å². The normalized spacial score (nSPS) is 10.0. The number of anilines is 1. The summed E-state index contributed by atoms with van der Waals surface area (Å²) >= 11 is 14.3. The van der Waals surface area contributed by atoms with Crippen LogP contribution >= 0.6 is 39.7 Å². The zero-order chi connectivity index (χ0) is 15.4. The molecule has 0 atom stereocenters. The summed E-state index contributed by atoms with van der Waals surface area (Å²) in [5, 5.41) is 6.47. The first-order valence-corrected chi connectivity index (χ1v) is 7.67. The molecule has 108 valence electrons. The maximum absolute atomic E-state index is 12.0. The van der Waals surface area contributed by atoms with Crippen molar-refractivity contribution in [3.8, 4) is 0 Å². The van der Waals surface area contributed by atoms with Gasteiger partial charge in [-0.05, 0) is 67.2 Å². The van der Waals surface area contributed by atoms with E-state index in [9.17, 15) is 4.79 Å². The molecule has 0 saturated carbocycles. The minimum Gasteiger partial charge on any atom is -0.332 e. The number of benzene rings is 2. The Morgan fingerprint density at radius 2 is 1.86 bits per heavy atom. The summed E-state index contributed by atoms with van der Waals surface area (Å²) in [6, 6.07) is 12.4. The summed E-state index contributed by atoms with van der Waals surface area (Å²) in [4.78, 5) is 12.0. The third-order valence-electron chi connectivity index (χ3n) is 2.77. The van der Waals surface area contributed by atoms with Crippen LogP contribution in [0.5, 0.6) is 0 Å². The summed E-state index contributed by atoms with van der Waals surface area (Å²) in [5.74, 6) is -0.279. The molecule has 2 N–H and O–H groups in total. The number of amides is 1. The topological polar surface area (TPSA) is 41.1 Å². The van der Waals surface area contributed by atoms with E-state index in [1.165, 1.54) is 0 Å². The Balaban J connectivity index is 2.01. The molecular weight excluding hydrogens is 372 g/mol. The Bertz CT molecular complexity index is 689. The van der Waals surface area contributed by atoms with E-state index in [1.54, 1.807) is 24.3 Å². The lowest BCUT2D eigenvalue weighted by Crippen LogP contribution is -2.34. The van der Waals surface area contributed by atoms with Gasteiger partial charge in [0, 0.05) is 20.7 Å². The highest BCUT2D eigenvalue weighted by atomic mass is 79.9. The number of hydrogen-bond acceptors (Lipinski definition) is 2. The van der Waals surface area contributed by atoms with Crippen LogP contribution < -0.4 is 10.6 Å². The molecule has 3 nitrogen and oxygen atoms in total. The van der Waals surface area contributed by atoms with E-state index in [0.29, 0.717) is 10.6 Å². The van der Waals surface area contributed by atoms with Gasteiger partial charge in [0.05, 0.1) is 0 Å². The van der Waals surface area contributed by atoms with Gasteiger partial charge < -0.3 is 5.32 Å². The monoisotopic (exact) mass is 382 g/mol. The lowest BCUT2D eigenvalue weighted by Gasteiger charge is -2.12. The second kappa shape index (κ2) is 7.02. The van der Waals surface area contributed by atoms with E-state index in [-0.39, 0.29) is 11.0 Å². The quantitative estimate of drug-likeness (QED) is 0.748. The van der Waals surface area contributed by atoms with Crippen LogP contribution in [0.2, 0.25) is 5.02 Å². The molecule has 0 aromatic heterocycles. The van der Waals surface area contributed by atoms with Gasteiger partial charge in [-0.25, -0.2) is 0 Å². The number of halogens is 2. The molecule has 0 saturated heterocycles. The van der Waals surface area contributed by atoms with Crippen LogP contribution in [0.3, 0.4) is 0 Å². The predicted octanol–water partition coefficient (Wildman–Crippen LogP) is 4.54. The first kappa shape index (κ1) is 15.9. The number of carbonyl (C=O) groups is 1. The molecule has 2 rings (SSSR count). The standard InChI is InChI=1S/C15H12BrClN2OS/c1-9-8-11(16)4-7-13(9)18-15(21)19-14(20)10-2-5-12(17)6-3-10/h2-8H,1H3,(H2,18,19,20,21). The van der Waals surface area contributed by atoms with Crippen molar-refractivity contribution in [1.29, 1.82) is 0 Å². The summed E-state index contributed by atoms with van der Waals surface area (Å²) in [6.07, 6.45) is 0. The van der Waals surface area contributed by atoms with Crippen LogP contribution in [0.25, 0.3) is 0 Å². The third kappa shape index (κ3) is 4.52. The molecule has 21 heavy (non-hydrogen) atoms. The molecule has 0 fully saturated rings. The van der Waals surface area contributed by atoms with E-state index in [0.717, 1.165) is 15.7 Å². The number of hydrogen-bond donors (Lipinski definition) is 2. The van der Waals surface area contributed by atoms with Crippen molar-refractivity contribution in [2.24, 2.45) is 0 Å². The van der Waals surface area contributed by atoms with Crippen molar-refractivity contribution in [1.82, 2.24) is 5.32 Å². The Hall–Kier alpha value is -1.43. The van der Waals surface area contributed by atoms with Gasteiger partial charge in [-0.1, -0.05) is 27.5 Å². The van der Waals surface area contributed by atoms with Crippen LogP contribution in [0.1, 0.15) is 15.9 Å². The first-order chi connectivity index (χ1) is 9.95. The highest BCUT2D eigenvalue weighted by molar-refractivity contribution is 9.10. The molecule has 1 amide bonds. The van der Waals surface area contributed by atoms with Crippen LogP contribution in [-0.4, -0.2) is 11.0 Å². The second-order valence-corrected chi connectivity index (χ2v) is 6.13. The molecule has 2 aromatic rings. The summed E-state index contributed by atoms with van der Waals surface area (Å²) in [6.45, 7) is 1.96. The molecule has 0 radical (unpaired) electrons. The van der Waals surface area contributed by atoms with Crippen LogP contribution in [0.15, 0.2) is 46.9 Å².